The summed E-state index contributed by atoms with van der Waals surface area (Å²) in [4.78, 5) is 44.1. The molecule has 2 heterocycles. The summed E-state index contributed by atoms with van der Waals surface area (Å²) < 4.78 is 0. The van der Waals surface area contributed by atoms with Crippen molar-refractivity contribution in [2.45, 2.75) is 6.92 Å². The van der Waals surface area contributed by atoms with Gasteiger partial charge < -0.3 is 25.5 Å². The van der Waals surface area contributed by atoms with Gasteiger partial charge in [-0.15, -0.1) is 0 Å². The number of carbonyl (C=O) groups is 3. The van der Waals surface area contributed by atoms with Gasteiger partial charge in [-0.25, -0.2) is 9.78 Å². The average molecular weight is 486 g/mol. The highest BCUT2D eigenvalue weighted by Gasteiger charge is 2.30. The van der Waals surface area contributed by atoms with Gasteiger partial charge in [-0.3, -0.25) is 9.59 Å². The Morgan fingerprint density at radius 3 is 2.39 bits per heavy atom. The molecule has 0 bridgehead atoms. The van der Waals surface area contributed by atoms with Crippen LogP contribution in [0, 0.1) is 0 Å². The van der Waals surface area contributed by atoms with Crippen molar-refractivity contribution in [3.05, 3.63) is 83.7 Å². The third-order valence-electron chi connectivity index (χ3n) is 6.03. The zero-order valence-corrected chi connectivity index (χ0v) is 20.3. The van der Waals surface area contributed by atoms with Crippen molar-refractivity contribution < 1.29 is 19.5 Å². The van der Waals surface area contributed by atoms with Gasteiger partial charge >= 0.3 is 5.97 Å². The predicted molar refractivity (Wildman–Crippen MR) is 140 cm³/mol. The molecule has 2 aromatic carbocycles. The minimum Gasteiger partial charge on any atom is -0.477 e. The molecule has 4 rings (SSSR count). The van der Waals surface area contributed by atoms with E-state index in [0.29, 0.717) is 29.1 Å². The van der Waals surface area contributed by atoms with Crippen LogP contribution in [-0.2, 0) is 9.59 Å². The standard InChI is InChI=1S/C27H27N5O4/c1-4-31(2)23(33)16-32(3)19-12-10-18(11-13-19)29-25(17-8-6-5-7-9-17)24-20-15-28-22(27(35)36)14-21(20)30-26(24)34/h5-15,29H,4,16H2,1-3H3,(H,30,34)(H,35,36). The summed E-state index contributed by atoms with van der Waals surface area (Å²) in [6, 6.07) is 18.3. The van der Waals surface area contributed by atoms with Gasteiger partial charge in [0.1, 0.15) is 5.69 Å². The maximum absolute atomic E-state index is 13.0. The monoisotopic (exact) mass is 485 g/mol. The van der Waals surface area contributed by atoms with Crippen LogP contribution in [0.1, 0.15) is 28.5 Å². The minimum atomic E-state index is -1.17. The van der Waals surface area contributed by atoms with Crippen LogP contribution in [0.5, 0.6) is 0 Å². The summed E-state index contributed by atoms with van der Waals surface area (Å²) in [5, 5.41) is 15.4. The van der Waals surface area contributed by atoms with Crippen molar-refractivity contribution >= 4 is 46.1 Å². The fraction of sp³-hybridized carbons (Fsp3) is 0.185. The van der Waals surface area contributed by atoms with Gasteiger partial charge in [0.15, 0.2) is 0 Å². The van der Waals surface area contributed by atoms with E-state index < -0.39 is 5.97 Å². The van der Waals surface area contributed by atoms with Gasteiger partial charge in [0, 0.05) is 43.8 Å². The number of fused-ring (bicyclic) bond motifs is 1. The molecule has 2 amide bonds. The molecule has 0 atom stereocenters. The number of hydrogen-bond acceptors (Lipinski definition) is 6. The van der Waals surface area contributed by atoms with E-state index in [1.807, 2.05) is 73.5 Å². The molecule has 0 radical (unpaired) electrons. The van der Waals surface area contributed by atoms with Crippen LogP contribution in [0.2, 0.25) is 0 Å². The first-order valence-electron chi connectivity index (χ1n) is 11.5. The number of anilines is 3. The highest BCUT2D eigenvalue weighted by Crippen LogP contribution is 2.37. The normalized spacial score (nSPS) is 13.5. The molecule has 0 unspecified atom stereocenters. The van der Waals surface area contributed by atoms with Crippen molar-refractivity contribution in [3.8, 4) is 0 Å². The molecular weight excluding hydrogens is 458 g/mol. The molecule has 0 aliphatic carbocycles. The number of aromatic carboxylic acids is 1. The van der Waals surface area contributed by atoms with Crippen LogP contribution in [0.3, 0.4) is 0 Å². The lowest BCUT2D eigenvalue weighted by Gasteiger charge is -2.23. The number of hydrogen-bond donors (Lipinski definition) is 3. The van der Waals surface area contributed by atoms with Gasteiger partial charge in [0.2, 0.25) is 5.91 Å². The summed E-state index contributed by atoms with van der Waals surface area (Å²) in [5.74, 6) is -1.49. The average Bonchev–Trinajstić information content (AvgIpc) is 3.22. The number of likely N-dealkylation sites (N-methyl/N-ethyl adjacent to an activating group) is 2. The van der Waals surface area contributed by atoms with Crippen LogP contribution < -0.4 is 15.5 Å². The first-order valence-corrected chi connectivity index (χ1v) is 11.5. The highest BCUT2D eigenvalue weighted by atomic mass is 16.4. The Bertz CT molecular complexity index is 1340. The van der Waals surface area contributed by atoms with Gasteiger partial charge in [0.05, 0.1) is 23.5 Å². The van der Waals surface area contributed by atoms with Crippen molar-refractivity contribution in [2.24, 2.45) is 0 Å². The predicted octanol–water partition coefficient (Wildman–Crippen LogP) is 3.63. The number of nitrogens with one attached hydrogen (secondary N) is 2. The van der Waals surface area contributed by atoms with Gasteiger partial charge in [-0.1, -0.05) is 30.3 Å². The largest absolute Gasteiger partial charge is 0.477 e. The summed E-state index contributed by atoms with van der Waals surface area (Å²) >= 11 is 0. The molecule has 0 saturated heterocycles. The van der Waals surface area contributed by atoms with Gasteiger partial charge in [0.25, 0.3) is 5.91 Å². The van der Waals surface area contributed by atoms with E-state index in [2.05, 4.69) is 15.6 Å². The number of carboxylic acids is 1. The molecule has 0 fully saturated rings. The van der Waals surface area contributed by atoms with E-state index in [-0.39, 0.29) is 24.1 Å². The molecule has 9 heteroatoms. The molecule has 36 heavy (non-hydrogen) atoms. The van der Waals surface area contributed by atoms with Crippen molar-refractivity contribution in [3.63, 3.8) is 0 Å². The quantitative estimate of drug-likeness (QED) is 0.418. The van der Waals surface area contributed by atoms with Crippen LogP contribution in [0.4, 0.5) is 17.1 Å². The number of rotatable bonds is 8. The molecule has 184 valence electrons. The lowest BCUT2D eigenvalue weighted by Crippen LogP contribution is -2.36. The SMILES string of the molecule is CCN(C)C(=O)CN(C)c1ccc(NC(=C2C(=O)Nc3cc(C(=O)O)ncc32)c2ccccc2)cc1. The minimum absolute atomic E-state index is 0.0314. The van der Waals surface area contributed by atoms with Crippen LogP contribution in [-0.4, -0.2) is 60.0 Å². The summed E-state index contributed by atoms with van der Waals surface area (Å²) in [7, 11) is 3.64. The fourth-order valence-corrected chi connectivity index (χ4v) is 3.85. The molecule has 9 nitrogen and oxygen atoms in total. The maximum Gasteiger partial charge on any atom is 0.354 e. The molecule has 3 aromatic rings. The molecular formula is C27H27N5O4. The smallest absolute Gasteiger partial charge is 0.354 e. The van der Waals surface area contributed by atoms with Crippen LogP contribution in [0.25, 0.3) is 11.3 Å². The maximum atomic E-state index is 13.0. The van der Waals surface area contributed by atoms with E-state index in [0.717, 1.165) is 16.9 Å². The second kappa shape index (κ2) is 10.3. The van der Waals surface area contributed by atoms with Crippen LogP contribution in [0.15, 0.2) is 66.9 Å². The number of nitrogens with zero attached hydrogens (tertiary/aromatic N) is 3. The van der Waals surface area contributed by atoms with Crippen LogP contribution >= 0.6 is 0 Å². The Labute approximate surface area is 209 Å². The number of carboxylic acid groups (broad SMARTS) is 1. The second-order valence-corrected chi connectivity index (χ2v) is 8.43. The Morgan fingerprint density at radius 1 is 1.06 bits per heavy atom. The molecule has 1 aliphatic heterocycles. The number of pyridine rings is 1. The molecule has 1 aromatic heterocycles. The third kappa shape index (κ3) is 5.05. The Hall–Kier alpha value is -4.66. The fourth-order valence-electron chi connectivity index (χ4n) is 3.85. The summed E-state index contributed by atoms with van der Waals surface area (Å²) in [6.45, 7) is 2.84. The first kappa shape index (κ1) is 24.5. The lowest BCUT2D eigenvalue weighted by molar-refractivity contribution is -0.128. The van der Waals surface area contributed by atoms with Crippen molar-refractivity contribution in [1.29, 1.82) is 0 Å². The van der Waals surface area contributed by atoms with Gasteiger partial charge in [-0.2, -0.15) is 0 Å². The van der Waals surface area contributed by atoms with E-state index in [1.54, 1.807) is 11.9 Å². The zero-order chi connectivity index (χ0) is 25.8. The number of carbonyl (C=O) groups excluding carboxylic acids is 2. The zero-order valence-electron chi connectivity index (χ0n) is 20.3. The Balaban J connectivity index is 1.67. The van der Waals surface area contributed by atoms with Crippen molar-refractivity contribution in [2.75, 3.05) is 42.7 Å². The van der Waals surface area contributed by atoms with E-state index in [4.69, 9.17) is 0 Å². The lowest BCUT2D eigenvalue weighted by atomic mass is 10.0. The number of aromatic nitrogens is 1. The highest BCUT2D eigenvalue weighted by molar-refractivity contribution is 6.37. The molecule has 0 saturated carbocycles. The molecule has 3 N–H and O–H groups in total. The van der Waals surface area contributed by atoms with E-state index in [9.17, 15) is 19.5 Å². The second-order valence-electron chi connectivity index (χ2n) is 8.43. The van der Waals surface area contributed by atoms with Gasteiger partial charge in [-0.05, 0) is 42.8 Å². The van der Waals surface area contributed by atoms with Crippen molar-refractivity contribution in [1.82, 2.24) is 9.88 Å². The Morgan fingerprint density at radius 2 is 1.75 bits per heavy atom. The summed E-state index contributed by atoms with van der Waals surface area (Å²) in [6.07, 6.45) is 1.40. The first-order chi connectivity index (χ1) is 17.3. The number of benzene rings is 2. The van der Waals surface area contributed by atoms with E-state index in [1.165, 1.54) is 12.3 Å². The third-order valence-corrected chi connectivity index (χ3v) is 6.03. The summed E-state index contributed by atoms with van der Waals surface area (Å²) in [5.41, 5.74) is 4.11. The topological polar surface area (TPSA) is 115 Å². The van der Waals surface area contributed by atoms with E-state index >= 15 is 0 Å². The number of amides is 2. The molecule has 1 aliphatic rings. The Kier molecular flexibility index (Phi) is 7.00. The molecule has 0 spiro atoms.